The Hall–Kier alpha value is -4.54. The third-order valence-electron chi connectivity index (χ3n) is 8.06. The molecule has 0 spiro atoms. The van der Waals surface area contributed by atoms with Crippen molar-refractivity contribution < 1.29 is 27.5 Å². The van der Waals surface area contributed by atoms with E-state index in [1.807, 2.05) is 57.2 Å². The Kier molecular flexibility index (Phi) is 12.5. The summed E-state index contributed by atoms with van der Waals surface area (Å²) < 4.78 is 40.5. The van der Waals surface area contributed by atoms with Crippen molar-refractivity contribution in [3.63, 3.8) is 0 Å². The summed E-state index contributed by atoms with van der Waals surface area (Å²) in [5.74, 6) is -0.327. The van der Waals surface area contributed by atoms with Gasteiger partial charge < -0.3 is 19.7 Å². The number of anilines is 1. The van der Waals surface area contributed by atoms with E-state index in [1.165, 1.54) is 37.3 Å². The van der Waals surface area contributed by atoms with Crippen molar-refractivity contribution >= 4 is 39.1 Å². The molecular formula is C37H42ClN3O6S. The van der Waals surface area contributed by atoms with Crippen LogP contribution in [0.3, 0.4) is 0 Å². The highest BCUT2D eigenvalue weighted by molar-refractivity contribution is 7.92. The highest BCUT2D eigenvalue weighted by Gasteiger charge is 2.35. The summed E-state index contributed by atoms with van der Waals surface area (Å²) in [6, 6.07) is 26.5. The number of hydrogen-bond acceptors (Lipinski definition) is 6. The van der Waals surface area contributed by atoms with Crippen molar-refractivity contribution in [1.29, 1.82) is 0 Å². The molecule has 0 aliphatic carbocycles. The molecule has 0 fully saturated rings. The van der Waals surface area contributed by atoms with Gasteiger partial charge in [0, 0.05) is 30.1 Å². The first-order valence-electron chi connectivity index (χ1n) is 15.7. The first kappa shape index (κ1) is 36.3. The Morgan fingerprint density at radius 3 is 2.15 bits per heavy atom. The van der Waals surface area contributed by atoms with Crippen molar-refractivity contribution in [3.05, 3.63) is 119 Å². The van der Waals surface area contributed by atoms with Crippen LogP contribution in [0.15, 0.2) is 102 Å². The number of halogens is 1. The van der Waals surface area contributed by atoms with Crippen LogP contribution in [-0.2, 0) is 32.6 Å². The second-order valence-corrected chi connectivity index (χ2v) is 13.8. The number of nitrogens with zero attached hydrogens (tertiary/aromatic N) is 2. The number of hydrogen-bond donors (Lipinski definition) is 1. The Balaban J connectivity index is 1.83. The minimum atomic E-state index is -4.33. The topological polar surface area (TPSA) is 105 Å². The van der Waals surface area contributed by atoms with Gasteiger partial charge in [-0.3, -0.25) is 13.9 Å². The zero-order valence-corrected chi connectivity index (χ0v) is 29.4. The number of sulfonamides is 1. The van der Waals surface area contributed by atoms with Crippen molar-refractivity contribution in [3.8, 4) is 11.5 Å². The van der Waals surface area contributed by atoms with Crippen LogP contribution in [0.25, 0.3) is 0 Å². The van der Waals surface area contributed by atoms with E-state index in [2.05, 4.69) is 5.32 Å². The van der Waals surface area contributed by atoms with E-state index in [4.69, 9.17) is 21.1 Å². The molecule has 4 aromatic carbocycles. The van der Waals surface area contributed by atoms with Crippen LogP contribution < -0.4 is 19.1 Å². The fraction of sp³-hybridized carbons (Fsp3) is 0.297. The van der Waals surface area contributed by atoms with Gasteiger partial charge >= 0.3 is 0 Å². The maximum atomic E-state index is 14.6. The molecule has 0 bridgehead atoms. The van der Waals surface area contributed by atoms with Crippen LogP contribution in [0, 0.1) is 6.92 Å². The summed E-state index contributed by atoms with van der Waals surface area (Å²) >= 11 is 6.33. The molecule has 0 aliphatic heterocycles. The van der Waals surface area contributed by atoms with Crippen LogP contribution in [0.1, 0.15) is 37.0 Å². The summed E-state index contributed by atoms with van der Waals surface area (Å²) in [6.45, 7) is 5.18. The number of carbonyl (C=O) groups excluding carboxylic acids is 2. The van der Waals surface area contributed by atoms with E-state index < -0.39 is 28.5 Å². The minimum Gasteiger partial charge on any atom is -0.493 e. The fourth-order valence-electron chi connectivity index (χ4n) is 5.17. The molecule has 0 saturated heterocycles. The molecule has 2 atom stereocenters. The molecule has 48 heavy (non-hydrogen) atoms. The lowest BCUT2D eigenvalue weighted by Crippen LogP contribution is -2.54. The van der Waals surface area contributed by atoms with Gasteiger partial charge in [-0.05, 0) is 67.8 Å². The number of nitrogens with one attached hydrogen (secondary N) is 1. The third kappa shape index (κ3) is 9.08. The Morgan fingerprint density at radius 2 is 1.52 bits per heavy atom. The van der Waals surface area contributed by atoms with Gasteiger partial charge in [0.1, 0.15) is 12.6 Å². The lowest BCUT2D eigenvalue weighted by molar-refractivity contribution is -0.140. The van der Waals surface area contributed by atoms with E-state index in [1.54, 1.807) is 42.5 Å². The number of amides is 2. The van der Waals surface area contributed by atoms with Gasteiger partial charge in [0.25, 0.3) is 10.0 Å². The molecule has 1 N–H and O–H groups in total. The fourth-order valence-corrected chi connectivity index (χ4v) is 6.81. The highest BCUT2D eigenvalue weighted by Crippen LogP contribution is 2.32. The molecule has 0 heterocycles. The SMILES string of the molecule is CC[C@H](C)NC(=O)[C@@H](Cc1ccccc1)N(Cc1cccc(Cl)c1)C(=O)CN(c1ccc(C)cc1)S(=O)(=O)c1ccc(OC)c(OC)c1. The van der Waals surface area contributed by atoms with E-state index in [0.29, 0.717) is 22.8 Å². The van der Waals surface area contributed by atoms with Gasteiger partial charge in [-0.1, -0.05) is 78.7 Å². The Labute approximate surface area is 288 Å². The average molecular weight is 692 g/mol. The zero-order chi connectivity index (χ0) is 34.8. The zero-order valence-electron chi connectivity index (χ0n) is 27.9. The van der Waals surface area contributed by atoms with Gasteiger partial charge in [0.15, 0.2) is 11.5 Å². The van der Waals surface area contributed by atoms with E-state index in [-0.39, 0.29) is 41.2 Å². The van der Waals surface area contributed by atoms with Crippen molar-refractivity contribution in [2.75, 3.05) is 25.1 Å². The van der Waals surface area contributed by atoms with Crippen LogP contribution >= 0.6 is 11.6 Å². The van der Waals surface area contributed by atoms with Crippen molar-refractivity contribution in [2.24, 2.45) is 0 Å². The molecule has 11 heteroatoms. The smallest absolute Gasteiger partial charge is 0.264 e. The standard InChI is InChI=1S/C37H42ClN3O6S/c1-6-27(3)39-37(43)33(22-28-11-8-7-9-12-28)40(24-29-13-10-14-30(38)21-29)36(42)25-41(31-17-15-26(2)16-18-31)48(44,45)32-19-20-34(46-4)35(23-32)47-5/h7-21,23,27,33H,6,22,24-25H2,1-5H3,(H,39,43)/t27-,33+/m0/s1. The molecule has 0 radical (unpaired) electrons. The van der Waals surface area contributed by atoms with Gasteiger partial charge in [-0.15, -0.1) is 0 Å². The number of methoxy groups -OCH3 is 2. The van der Waals surface area contributed by atoms with Crippen LogP contribution in [0.5, 0.6) is 11.5 Å². The molecular weight excluding hydrogens is 650 g/mol. The first-order chi connectivity index (χ1) is 23.0. The number of carbonyl (C=O) groups is 2. The Bertz CT molecular complexity index is 1800. The van der Waals surface area contributed by atoms with E-state index in [0.717, 1.165) is 15.4 Å². The number of benzene rings is 4. The summed E-state index contributed by atoms with van der Waals surface area (Å²) in [5, 5.41) is 3.51. The summed E-state index contributed by atoms with van der Waals surface area (Å²) in [6.07, 6.45) is 0.902. The predicted octanol–water partition coefficient (Wildman–Crippen LogP) is 6.42. The molecule has 4 rings (SSSR count). The largest absolute Gasteiger partial charge is 0.493 e. The maximum Gasteiger partial charge on any atom is 0.264 e. The molecule has 4 aromatic rings. The molecule has 0 saturated carbocycles. The molecule has 0 aromatic heterocycles. The number of aryl methyl sites for hydroxylation is 1. The van der Waals surface area contributed by atoms with Crippen LogP contribution in [0.4, 0.5) is 5.69 Å². The lowest BCUT2D eigenvalue weighted by Gasteiger charge is -2.34. The van der Waals surface area contributed by atoms with Crippen LogP contribution in [-0.4, -0.2) is 58.0 Å². The summed E-state index contributed by atoms with van der Waals surface area (Å²) in [7, 11) is -1.46. The van der Waals surface area contributed by atoms with Gasteiger partial charge in [-0.25, -0.2) is 8.42 Å². The quantitative estimate of drug-likeness (QED) is 0.154. The maximum absolute atomic E-state index is 14.6. The highest BCUT2D eigenvalue weighted by atomic mass is 35.5. The van der Waals surface area contributed by atoms with Crippen molar-refractivity contribution in [1.82, 2.24) is 10.2 Å². The predicted molar refractivity (Wildman–Crippen MR) is 189 cm³/mol. The number of rotatable bonds is 15. The van der Waals surface area contributed by atoms with E-state index >= 15 is 0 Å². The molecule has 0 aliphatic rings. The number of ether oxygens (including phenoxy) is 2. The normalized spacial score (nSPS) is 12.5. The molecule has 9 nitrogen and oxygen atoms in total. The Morgan fingerprint density at radius 1 is 0.854 bits per heavy atom. The second kappa shape index (κ2) is 16.5. The monoisotopic (exact) mass is 691 g/mol. The third-order valence-corrected chi connectivity index (χ3v) is 10.1. The van der Waals surface area contributed by atoms with Gasteiger partial charge in [0.05, 0.1) is 24.8 Å². The van der Waals surface area contributed by atoms with Crippen molar-refractivity contribution in [2.45, 2.75) is 57.1 Å². The molecule has 0 unspecified atom stereocenters. The van der Waals surface area contributed by atoms with Gasteiger partial charge in [-0.2, -0.15) is 0 Å². The van der Waals surface area contributed by atoms with E-state index in [9.17, 15) is 18.0 Å². The molecule has 254 valence electrons. The lowest BCUT2D eigenvalue weighted by atomic mass is 10.0. The summed E-state index contributed by atoms with van der Waals surface area (Å²) in [4.78, 5) is 30.0. The minimum absolute atomic E-state index is 0.0168. The average Bonchev–Trinajstić information content (AvgIpc) is 3.09. The van der Waals surface area contributed by atoms with Gasteiger partial charge in [0.2, 0.25) is 11.8 Å². The molecule has 2 amide bonds. The summed E-state index contributed by atoms with van der Waals surface area (Å²) in [5.41, 5.74) is 2.74. The first-order valence-corrected chi connectivity index (χ1v) is 17.5. The van der Waals surface area contributed by atoms with Crippen LogP contribution in [0.2, 0.25) is 5.02 Å². The second-order valence-electron chi connectivity index (χ2n) is 11.5.